The number of aromatic nitrogens is 1. The molecule has 43 nitrogen and oxygen atoms in total. The number of carboxylic acids is 1. The highest BCUT2D eigenvalue weighted by molar-refractivity contribution is 5.84. The van der Waals surface area contributed by atoms with E-state index in [1.54, 1.807) is 30.5 Å². The van der Waals surface area contributed by atoms with Gasteiger partial charge in [0, 0.05) is 30.1 Å². The minimum absolute atomic E-state index is 0.203. The summed E-state index contributed by atoms with van der Waals surface area (Å²) in [5.41, 5.74) is 1.18. The maximum atomic E-state index is 12.9. The molecule has 30 aliphatic rings. The van der Waals surface area contributed by atoms with E-state index in [2.05, 4.69) is 10.3 Å². The maximum Gasteiger partial charge on any atom is 0.321 e. The number of benzene rings is 1. The van der Waals surface area contributed by atoms with Crippen LogP contribution in [0.3, 0.4) is 0 Å². The number of para-hydroxylation sites is 1. The topological polar surface area (TPSA) is 678 Å². The number of aliphatic hydroxyl groups excluding tert-OH is 23. The van der Waals surface area contributed by atoms with Gasteiger partial charge in [-0.3, -0.25) is 4.79 Å². The second-order valence-electron chi connectivity index (χ2n) is 26.1. The first kappa shape index (κ1) is 79.7. The number of hydrogen-bond acceptors (Lipinski definition) is 41. The number of aliphatic carboxylic acids is 1. The van der Waals surface area contributed by atoms with Gasteiger partial charge in [0.05, 0.1) is 46.2 Å². The summed E-state index contributed by atoms with van der Waals surface area (Å²) in [7, 11) is 0. The summed E-state index contributed by atoms with van der Waals surface area (Å²) in [6.45, 7) is -8.43. The van der Waals surface area contributed by atoms with Crippen molar-refractivity contribution < 1.29 is 203 Å². The van der Waals surface area contributed by atoms with E-state index < -0.39 is 310 Å². The Hall–Kier alpha value is -3.37. The molecule has 30 saturated heterocycles. The van der Waals surface area contributed by atoms with Crippen molar-refractivity contribution in [2.24, 2.45) is 0 Å². The SMILES string of the molecule is O=C(O)[C@H](Cc1c[nH]c2ccccc12)NC[C@H]1O[C@@H]2O[C@H]3[C@H](O)[C@@H](O)[C@@H](O[C@H]4[C@H](O)[C@@H](O)[C@@H](O[C@H]5[C@H](O)[C@@H](O)[C@@H](O[C@H]6[C@H](O)[C@@H](O)[C@@H](O[C@H]7[C@H](O)[C@@H](O)[C@@H](O[C@H]8[C@H](O)[C@@H](O)[C@@H](O[C@H]9[C@H](O)[C@@H](O)[C@@H](O[C@H]1[C@H](O)[C@H]2O)O[C@@H]9CO)O[C@@H]8CO)O[C@@H]7CO)O[C@@H]6CO)O[C@@H]5CO)O[C@@H]4CO)O[C@@H]3CO. The van der Waals surface area contributed by atoms with Gasteiger partial charge in [0.1, 0.15) is 201 Å². The third-order valence-corrected chi connectivity index (χ3v) is 19.7. The Morgan fingerprint density at radius 3 is 0.765 bits per heavy atom. The molecular formula is C59H90N2O41. The molecule has 43 heteroatoms. The van der Waals surface area contributed by atoms with Gasteiger partial charge in [-0.1, -0.05) is 18.2 Å². The molecule has 0 aliphatic carbocycles. The monoisotopic (exact) mass is 1480 g/mol. The number of fused-ring (bicyclic) bond motifs is 1. The number of carboxylic acid groups (broad SMARTS) is 1. The number of rotatable bonds is 13. The zero-order valence-corrected chi connectivity index (χ0v) is 53.6. The Bertz CT molecular complexity index is 2950. The molecule has 41 atom stereocenters. The summed E-state index contributed by atoms with van der Waals surface area (Å²) in [6.07, 6.45) is -82.3. The van der Waals surface area contributed by atoms with E-state index in [9.17, 15) is 127 Å². The molecule has 0 spiro atoms. The molecule has 582 valence electrons. The lowest BCUT2D eigenvalue weighted by molar-refractivity contribution is -0.403. The molecule has 1 aromatic heterocycles. The predicted molar refractivity (Wildman–Crippen MR) is 315 cm³/mol. The molecule has 26 N–H and O–H groups in total. The van der Waals surface area contributed by atoms with Crippen molar-refractivity contribution in [3.8, 4) is 0 Å². The van der Waals surface area contributed by atoms with E-state index in [4.69, 9.17) is 75.8 Å². The summed E-state index contributed by atoms with van der Waals surface area (Å²) in [5, 5.41) is 273. The van der Waals surface area contributed by atoms with E-state index in [-0.39, 0.29) is 6.42 Å². The Morgan fingerprint density at radius 1 is 0.324 bits per heavy atom. The number of aliphatic hydroxyl groups is 23. The fourth-order valence-electron chi connectivity index (χ4n) is 13.9. The molecule has 30 fully saturated rings. The minimum atomic E-state index is -2.33. The first-order chi connectivity index (χ1) is 48.7. The van der Waals surface area contributed by atoms with Crippen LogP contribution in [0.4, 0.5) is 0 Å². The third kappa shape index (κ3) is 15.9. The van der Waals surface area contributed by atoms with Gasteiger partial charge in [0.2, 0.25) is 0 Å². The highest BCUT2D eigenvalue weighted by atomic mass is 16.8. The smallest absolute Gasteiger partial charge is 0.321 e. The van der Waals surface area contributed by atoms with E-state index in [0.29, 0.717) is 16.5 Å². The number of hydrogen-bond donors (Lipinski definition) is 26. The van der Waals surface area contributed by atoms with Crippen LogP contribution in [0, 0.1) is 0 Å². The highest BCUT2D eigenvalue weighted by Gasteiger charge is 2.60. The molecule has 31 heterocycles. The lowest BCUT2D eigenvalue weighted by atomic mass is 9.94. The van der Waals surface area contributed by atoms with Crippen molar-refractivity contribution in [3.05, 3.63) is 36.0 Å². The van der Waals surface area contributed by atoms with E-state index >= 15 is 0 Å². The molecule has 2 aromatic rings. The van der Waals surface area contributed by atoms with Gasteiger partial charge in [-0.15, -0.1) is 0 Å². The molecule has 30 aliphatic heterocycles. The van der Waals surface area contributed by atoms with Gasteiger partial charge in [-0.25, -0.2) is 0 Å². The Kier molecular flexibility index (Phi) is 26.6. The van der Waals surface area contributed by atoms with Crippen LogP contribution in [0.2, 0.25) is 0 Å². The van der Waals surface area contributed by atoms with Crippen molar-refractivity contribution in [2.45, 2.75) is 258 Å². The summed E-state index contributed by atoms with van der Waals surface area (Å²) in [6, 6.07) is 5.45. The maximum absolute atomic E-state index is 12.9. The van der Waals surface area contributed by atoms with Gasteiger partial charge in [-0.05, 0) is 11.6 Å². The summed E-state index contributed by atoms with van der Waals surface area (Å²) < 4.78 is 93.1. The lowest BCUT2D eigenvalue weighted by Crippen LogP contribution is -2.69. The first-order valence-electron chi connectivity index (χ1n) is 32.8. The van der Waals surface area contributed by atoms with Crippen LogP contribution < -0.4 is 5.32 Å². The molecule has 0 saturated carbocycles. The molecular weight excluding hydrogens is 1390 g/mol. The summed E-state index contributed by atoms with van der Waals surface area (Å²) in [4.78, 5) is 16.0. The second-order valence-corrected chi connectivity index (χ2v) is 26.1. The molecule has 32 rings (SSSR count). The van der Waals surface area contributed by atoms with Crippen molar-refractivity contribution in [1.29, 1.82) is 0 Å². The van der Waals surface area contributed by atoms with E-state index in [1.165, 1.54) is 0 Å². The number of nitrogens with one attached hydrogen (secondary N) is 2. The Labute approximate surface area is 575 Å². The van der Waals surface area contributed by atoms with Crippen LogP contribution in [0.25, 0.3) is 10.9 Å². The number of ether oxygens (including phenoxy) is 16. The molecule has 16 bridgehead atoms. The molecule has 0 radical (unpaired) electrons. The van der Waals surface area contributed by atoms with Crippen molar-refractivity contribution >= 4 is 16.9 Å². The van der Waals surface area contributed by atoms with Crippen molar-refractivity contribution in [3.63, 3.8) is 0 Å². The zero-order chi connectivity index (χ0) is 73.6. The average Bonchev–Trinajstić information content (AvgIpc) is 1.11. The van der Waals surface area contributed by atoms with Crippen LogP contribution in [0.15, 0.2) is 30.5 Å². The van der Waals surface area contributed by atoms with Crippen LogP contribution in [0.1, 0.15) is 5.56 Å². The largest absolute Gasteiger partial charge is 0.480 e. The van der Waals surface area contributed by atoms with Gasteiger partial charge in [0.25, 0.3) is 0 Å². The Morgan fingerprint density at radius 2 is 0.539 bits per heavy atom. The van der Waals surface area contributed by atoms with Gasteiger partial charge < -0.3 is 209 Å². The number of aromatic amines is 1. The molecule has 102 heavy (non-hydrogen) atoms. The van der Waals surface area contributed by atoms with Gasteiger partial charge in [-0.2, -0.15) is 0 Å². The van der Waals surface area contributed by atoms with Crippen LogP contribution in [-0.4, -0.2) is 438 Å². The normalized spacial score (nSPS) is 49.7. The number of carbonyl (C=O) groups is 1. The fourth-order valence-corrected chi connectivity index (χ4v) is 13.9. The lowest BCUT2D eigenvalue weighted by Gasteiger charge is -2.50. The Balaban J connectivity index is 0.877. The summed E-state index contributed by atoms with van der Waals surface area (Å²) >= 11 is 0. The van der Waals surface area contributed by atoms with Crippen LogP contribution >= 0.6 is 0 Å². The quantitative estimate of drug-likeness (QED) is 0.0885. The first-order valence-corrected chi connectivity index (χ1v) is 32.8. The predicted octanol–water partition coefficient (Wildman–Crippen LogP) is -15.6. The highest BCUT2D eigenvalue weighted by Crippen LogP contribution is 2.40. The van der Waals surface area contributed by atoms with E-state index in [1.807, 2.05) is 0 Å². The van der Waals surface area contributed by atoms with Crippen LogP contribution in [0.5, 0.6) is 0 Å². The van der Waals surface area contributed by atoms with E-state index in [0.717, 1.165) is 0 Å². The summed E-state index contributed by atoms with van der Waals surface area (Å²) in [5.74, 6) is -1.42. The molecule has 0 unspecified atom stereocenters. The van der Waals surface area contributed by atoms with Crippen molar-refractivity contribution in [2.75, 3.05) is 52.8 Å². The average molecular weight is 1480 g/mol. The van der Waals surface area contributed by atoms with Crippen LogP contribution in [-0.2, 0) is 87.0 Å². The van der Waals surface area contributed by atoms with Gasteiger partial charge >= 0.3 is 5.97 Å². The fraction of sp³-hybridized carbons (Fsp3) is 0.847. The molecule has 1 aromatic carbocycles. The second kappa shape index (κ2) is 34.0. The number of H-pyrrole nitrogens is 1. The molecule has 0 amide bonds. The standard InChI is InChI=1S/C59H90N2O41/c62-8-20-44-29(71)37(79)54(89-20)98-46-22(10-64)91-56(39(81)31(46)73)100-48-24(12-66)93-58(41(83)33(48)75)102-50-26(14-68)94-59(42(84)34(50)76)101-49-25(13-67)92-57(40(82)32(49)74)99-47-23(11-65)90-55(38(80)30(47)72)97-45-21(9-63)88-53(36(78)28(45)70)95-43-19(87-52(96-44)35(77)27(43)69)7-61-18(51(85)86)5-15-6-60-17-4-2-1-3-16(15)17/h1-4,6,18-50,52-84H,5,7-14H2,(H,85,86)/t18-,19+,20+,21+,22+,23+,24+,25+,26+,27+,28+,29+,30+,31+,32+,33+,34+,35+,36+,37+,38+,39+,40+,41+,42+,43+,44+,45+,46+,47+,48+,49+,50+,52+,53+,54+,55+,56+,57+,58+,59+/m0/s1. The zero-order valence-electron chi connectivity index (χ0n) is 53.6. The minimum Gasteiger partial charge on any atom is -0.480 e. The third-order valence-electron chi connectivity index (χ3n) is 19.7. The van der Waals surface area contributed by atoms with Crippen molar-refractivity contribution in [1.82, 2.24) is 10.3 Å². The van der Waals surface area contributed by atoms with Gasteiger partial charge in [0.15, 0.2) is 50.3 Å².